The molecule has 16 heteroatoms. The van der Waals surface area contributed by atoms with Crippen LogP contribution in [0.3, 0.4) is 0 Å². The SMILES string of the molecule is C[C@@H]1Cc2c(ccc3[nH]ncc23)[C@@H](c2c(F)cc(N3CCC(CN4CCC(N5Cc6cc7c(cc6C5=O)CN(C5CCC(=O)NC5=O)C7=O)CC4)CC3)cc2F)N1CC(F)F. The fourth-order valence-corrected chi connectivity index (χ4v) is 11.1. The van der Waals surface area contributed by atoms with Crippen molar-refractivity contribution in [1.29, 1.82) is 0 Å². The van der Waals surface area contributed by atoms with Crippen LogP contribution in [0.2, 0.25) is 0 Å². The minimum absolute atomic E-state index is 0.0317. The van der Waals surface area contributed by atoms with E-state index in [0.29, 0.717) is 54.4 Å². The van der Waals surface area contributed by atoms with Crippen molar-refractivity contribution in [2.75, 3.05) is 44.2 Å². The van der Waals surface area contributed by atoms with Crippen LogP contribution in [-0.4, -0.2) is 117 Å². The molecule has 0 aliphatic carbocycles. The number of piperidine rings is 3. The van der Waals surface area contributed by atoms with E-state index in [2.05, 4.69) is 20.4 Å². The highest BCUT2D eigenvalue weighted by atomic mass is 19.3. The Labute approximate surface area is 350 Å². The molecule has 3 saturated heterocycles. The fraction of sp³-hybridized carbons (Fsp3) is 0.489. The van der Waals surface area contributed by atoms with Gasteiger partial charge in [0.2, 0.25) is 11.8 Å². The van der Waals surface area contributed by atoms with Crippen LogP contribution in [0, 0.1) is 17.6 Å². The van der Waals surface area contributed by atoms with Crippen LogP contribution in [0.5, 0.6) is 0 Å². The third kappa shape index (κ3) is 7.04. The molecule has 6 aliphatic heterocycles. The molecule has 0 radical (unpaired) electrons. The van der Waals surface area contributed by atoms with E-state index in [1.54, 1.807) is 18.3 Å². The zero-order chi connectivity index (χ0) is 42.3. The summed E-state index contributed by atoms with van der Waals surface area (Å²) >= 11 is 0. The zero-order valence-electron chi connectivity index (χ0n) is 33.9. The Kier molecular flexibility index (Phi) is 10.1. The summed E-state index contributed by atoms with van der Waals surface area (Å²) in [4.78, 5) is 60.6. The number of H-pyrrole nitrogens is 1. The van der Waals surface area contributed by atoms with E-state index in [0.717, 1.165) is 72.9 Å². The highest BCUT2D eigenvalue weighted by Gasteiger charge is 2.43. The predicted molar refractivity (Wildman–Crippen MR) is 217 cm³/mol. The van der Waals surface area contributed by atoms with Gasteiger partial charge in [-0.3, -0.25) is 34.5 Å². The number of anilines is 1. The van der Waals surface area contributed by atoms with Crippen molar-refractivity contribution < 1.29 is 36.7 Å². The Morgan fingerprint density at radius 2 is 1.51 bits per heavy atom. The van der Waals surface area contributed by atoms with Gasteiger partial charge in [0.15, 0.2) is 0 Å². The Balaban J connectivity index is 0.747. The molecule has 0 saturated carbocycles. The second-order valence-electron chi connectivity index (χ2n) is 17.8. The number of rotatable bonds is 8. The molecular weight excluding hydrogens is 793 g/mol. The summed E-state index contributed by atoms with van der Waals surface area (Å²) in [6.07, 6.45) is 3.30. The van der Waals surface area contributed by atoms with Crippen molar-refractivity contribution in [2.24, 2.45) is 5.92 Å². The first-order valence-corrected chi connectivity index (χ1v) is 21.5. The monoisotopic (exact) mass is 840 g/mol. The number of hydrogen-bond acceptors (Lipinski definition) is 8. The number of alkyl halides is 2. The van der Waals surface area contributed by atoms with Gasteiger partial charge in [0.05, 0.1) is 24.3 Å². The Morgan fingerprint density at radius 1 is 0.836 bits per heavy atom. The van der Waals surface area contributed by atoms with Crippen molar-refractivity contribution in [3.8, 4) is 0 Å². The minimum atomic E-state index is -2.67. The van der Waals surface area contributed by atoms with Crippen LogP contribution in [0.15, 0.2) is 42.6 Å². The standard InChI is InChI=1S/C45H48F4N8O4/c1-24-14-33-30(2-3-37-34(33)19-50-52-37)42(55(24)23-39(48)49)41-35(46)17-29(18-36(41)47)54-12-6-25(7-13-54)20-53-10-8-28(9-11-53)56-21-26-15-32-27(16-31(26)44(56)60)22-57(45(32)61)38-4-5-40(58)51-43(38)59/h2-3,15-19,24-25,28,38-39,42H,4-14,20-23H2,1H3,(H,50,52)(H,51,58,59)/t24-,38?,42+/m1/s1. The van der Waals surface area contributed by atoms with Crippen molar-refractivity contribution >= 4 is 40.2 Å². The van der Waals surface area contributed by atoms with Crippen molar-refractivity contribution in [1.82, 2.24) is 35.1 Å². The lowest BCUT2D eigenvalue weighted by Crippen LogP contribution is -2.52. The van der Waals surface area contributed by atoms with Gasteiger partial charge < -0.3 is 19.6 Å². The number of benzene rings is 3. The number of aromatic amines is 1. The molecule has 0 spiro atoms. The van der Waals surface area contributed by atoms with E-state index >= 15 is 8.78 Å². The number of aromatic nitrogens is 2. The van der Waals surface area contributed by atoms with E-state index in [4.69, 9.17) is 0 Å². The lowest BCUT2D eigenvalue weighted by Gasteiger charge is -2.42. The molecule has 7 heterocycles. The maximum Gasteiger partial charge on any atom is 0.255 e. The summed E-state index contributed by atoms with van der Waals surface area (Å²) in [6.45, 7) is 5.74. The van der Waals surface area contributed by atoms with Crippen molar-refractivity contribution in [2.45, 2.75) is 95.6 Å². The lowest BCUT2D eigenvalue weighted by atomic mass is 9.83. The van der Waals surface area contributed by atoms with Gasteiger partial charge in [-0.25, -0.2) is 17.6 Å². The molecule has 61 heavy (non-hydrogen) atoms. The minimum Gasteiger partial charge on any atom is -0.371 e. The first-order valence-electron chi connectivity index (χ1n) is 21.5. The molecule has 4 aromatic rings. The molecule has 1 aromatic heterocycles. The van der Waals surface area contributed by atoms with Gasteiger partial charge in [-0.2, -0.15) is 5.10 Å². The van der Waals surface area contributed by atoms with Gasteiger partial charge >= 0.3 is 0 Å². The normalized spacial score (nSPS) is 24.3. The number of hydrogen-bond donors (Lipinski definition) is 2. The summed E-state index contributed by atoms with van der Waals surface area (Å²) < 4.78 is 60.4. The molecule has 4 amide bonds. The van der Waals surface area contributed by atoms with Crippen molar-refractivity contribution in [3.63, 3.8) is 0 Å². The first-order chi connectivity index (χ1) is 29.4. The number of amides is 4. The number of nitrogens with one attached hydrogen (secondary N) is 2. The second kappa shape index (κ2) is 15.5. The van der Waals surface area contributed by atoms with Crippen LogP contribution >= 0.6 is 0 Å². The van der Waals surface area contributed by atoms with Crippen LogP contribution in [0.1, 0.15) is 100 Å². The quantitative estimate of drug-likeness (QED) is 0.175. The second-order valence-corrected chi connectivity index (χ2v) is 17.8. The molecule has 10 rings (SSSR count). The van der Waals surface area contributed by atoms with E-state index in [9.17, 15) is 28.0 Å². The molecule has 3 fully saturated rings. The maximum atomic E-state index is 16.3. The number of carbonyl (C=O) groups excluding carboxylic acids is 4. The molecule has 2 N–H and O–H groups in total. The van der Waals surface area contributed by atoms with Crippen LogP contribution in [0.4, 0.5) is 23.2 Å². The number of nitrogens with zero attached hydrogens (tertiary/aromatic N) is 6. The molecule has 1 unspecified atom stereocenters. The number of likely N-dealkylation sites (tertiary alicyclic amines) is 1. The third-order valence-corrected chi connectivity index (χ3v) is 14.2. The van der Waals surface area contributed by atoms with Crippen molar-refractivity contribution in [3.05, 3.63) is 93.2 Å². The molecule has 3 aromatic carbocycles. The molecule has 12 nitrogen and oxygen atoms in total. The summed E-state index contributed by atoms with van der Waals surface area (Å²) in [5.74, 6) is -2.16. The highest BCUT2D eigenvalue weighted by Crippen LogP contribution is 2.44. The largest absolute Gasteiger partial charge is 0.371 e. The van der Waals surface area contributed by atoms with E-state index in [1.165, 1.54) is 21.9 Å². The summed E-state index contributed by atoms with van der Waals surface area (Å²) in [5.41, 5.74) is 5.18. The van der Waals surface area contributed by atoms with E-state index in [1.807, 2.05) is 28.9 Å². The third-order valence-electron chi connectivity index (χ3n) is 14.2. The molecule has 6 aliphatic rings. The van der Waals surface area contributed by atoms with E-state index < -0.39 is 42.6 Å². The Morgan fingerprint density at radius 3 is 2.18 bits per heavy atom. The van der Waals surface area contributed by atoms with Gasteiger partial charge in [-0.1, -0.05) is 6.07 Å². The summed E-state index contributed by atoms with van der Waals surface area (Å²) in [5, 5.41) is 10.2. The fourth-order valence-electron chi connectivity index (χ4n) is 11.1. The van der Waals surface area contributed by atoms with Gasteiger partial charge in [0, 0.05) is 92.1 Å². The van der Waals surface area contributed by atoms with Crippen LogP contribution in [0.25, 0.3) is 10.9 Å². The Hall–Kier alpha value is -5.35. The molecule has 320 valence electrons. The average Bonchev–Trinajstić information content (AvgIpc) is 3.94. The number of imide groups is 1. The van der Waals surface area contributed by atoms with Crippen LogP contribution in [-0.2, 0) is 29.1 Å². The van der Waals surface area contributed by atoms with Gasteiger partial charge in [0.1, 0.15) is 17.7 Å². The average molecular weight is 841 g/mol. The van der Waals surface area contributed by atoms with E-state index in [-0.39, 0.29) is 54.8 Å². The number of fused-ring (bicyclic) bond motifs is 5. The summed E-state index contributed by atoms with van der Waals surface area (Å²) in [6, 6.07) is 7.89. The molecule has 3 atom stereocenters. The predicted octanol–water partition coefficient (Wildman–Crippen LogP) is 5.54. The molecular formula is C45H48F4N8O4. The smallest absolute Gasteiger partial charge is 0.255 e. The lowest BCUT2D eigenvalue weighted by molar-refractivity contribution is -0.136. The number of halogens is 4. The maximum absolute atomic E-state index is 16.3. The van der Waals surface area contributed by atoms with Gasteiger partial charge in [-0.15, -0.1) is 0 Å². The van der Waals surface area contributed by atoms with Crippen LogP contribution < -0.4 is 10.2 Å². The Bertz CT molecular complexity index is 2420. The van der Waals surface area contributed by atoms with Gasteiger partial charge in [0.25, 0.3) is 18.2 Å². The topological polar surface area (TPSA) is 125 Å². The highest BCUT2D eigenvalue weighted by molar-refractivity contribution is 6.07. The molecule has 0 bridgehead atoms. The van der Waals surface area contributed by atoms with Gasteiger partial charge in [-0.05, 0) is 104 Å². The zero-order valence-corrected chi connectivity index (χ0v) is 33.9. The summed E-state index contributed by atoms with van der Waals surface area (Å²) in [7, 11) is 0. The first kappa shape index (κ1) is 39.8. The number of carbonyl (C=O) groups is 4.